The number of carbonyl (C=O) groups excluding carboxylic acids is 3. The number of ether oxygens (including phenoxy) is 1. The van der Waals surface area contributed by atoms with E-state index in [0.717, 1.165) is 32.5 Å². The van der Waals surface area contributed by atoms with Crippen LogP contribution in [-0.4, -0.2) is 53.2 Å². The molecule has 8 nitrogen and oxygen atoms in total. The van der Waals surface area contributed by atoms with E-state index in [2.05, 4.69) is 17.4 Å². The molecule has 1 N–H and O–H groups in total. The molecule has 4 amide bonds. The molecule has 1 fully saturated rings. The lowest BCUT2D eigenvalue weighted by molar-refractivity contribution is -0.138. The predicted molar refractivity (Wildman–Crippen MR) is 141 cm³/mol. The molecule has 0 aliphatic carbocycles. The number of hydrazone groups is 1. The van der Waals surface area contributed by atoms with Gasteiger partial charge in [0.05, 0.1) is 18.9 Å². The fourth-order valence-electron chi connectivity index (χ4n) is 4.93. The van der Waals surface area contributed by atoms with Crippen molar-refractivity contribution in [3.8, 4) is 5.75 Å². The van der Waals surface area contributed by atoms with Gasteiger partial charge in [-0.3, -0.25) is 14.5 Å². The molecule has 0 saturated carbocycles. The predicted octanol–water partition coefficient (Wildman–Crippen LogP) is 4.49. The SMILES string of the molecule is COc1ccc([C@@H]2CC(c3ccc4ccccc4c3)=NN2C(=O)CN2C(=O)N[C@H](CC(C)C)C2=O)cc1. The van der Waals surface area contributed by atoms with Crippen molar-refractivity contribution in [3.05, 3.63) is 77.9 Å². The van der Waals surface area contributed by atoms with Crippen LogP contribution in [0.25, 0.3) is 10.8 Å². The zero-order valence-electron chi connectivity index (χ0n) is 21.2. The van der Waals surface area contributed by atoms with E-state index in [9.17, 15) is 14.4 Å². The minimum Gasteiger partial charge on any atom is -0.497 e. The molecule has 3 aromatic rings. The Labute approximate surface area is 215 Å². The summed E-state index contributed by atoms with van der Waals surface area (Å²) in [6, 6.07) is 20.2. The van der Waals surface area contributed by atoms with Crippen molar-refractivity contribution < 1.29 is 19.1 Å². The molecule has 2 heterocycles. The van der Waals surface area contributed by atoms with Gasteiger partial charge in [-0.25, -0.2) is 9.80 Å². The highest BCUT2D eigenvalue weighted by molar-refractivity contribution is 6.08. The van der Waals surface area contributed by atoms with Crippen LogP contribution in [0.1, 0.15) is 43.9 Å². The van der Waals surface area contributed by atoms with Crippen LogP contribution in [0.5, 0.6) is 5.75 Å². The van der Waals surface area contributed by atoms with Crippen molar-refractivity contribution in [2.75, 3.05) is 13.7 Å². The van der Waals surface area contributed by atoms with Gasteiger partial charge >= 0.3 is 6.03 Å². The van der Waals surface area contributed by atoms with Crippen LogP contribution < -0.4 is 10.1 Å². The Morgan fingerprint density at radius 2 is 1.78 bits per heavy atom. The molecular formula is C29H30N4O4. The van der Waals surface area contributed by atoms with Crippen LogP contribution in [0, 0.1) is 5.92 Å². The smallest absolute Gasteiger partial charge is 0.325 e. The maximum absolute atomic E-state index is 13.5. The second-order valence-corrected chi connectivity index (χ2v) is 9.90. The monoisotopic (exact) mass is 498 g/mol. The van der Waals surface area contributed by atoms with Gasteiger partial charge in [0, 0.05) is 6.42 Å². The van der Waals surface area contributed by atoms with Gasteiger partial charge < -0.3 is 10.1 Å². The Hall–Kier alpha value is -4.20. The zero-order valence-corrected chi connectivity index (χ0v) is 21.2. The first-order valence-electron chi connectivity index (χ1n) is 12.5. The van der Waals surface area contributed by atoms with Crippen LogP contribution in [0.2, 0.25) is 0 Å². The topological polar surface area (TPSA) is 91.3 Å². The molecule has 0 spiro atoms. The highest BCUT2D eigenvalue weighted by Crippen LogP contribution is 2.34. The van der Waals surface area contributed by atoms with Crippen LogP contribution in [0.3, 0.4) is 0 Å². The third kappa shape index (κ3) is 4.91. The van der Waals surface area contributed by atoms with E-state index >= 15 is 0 Å². The molecule has 3 aromatic carbocycles. The number of benzene rings is 3. The quantitative estimate of drug-likeness (QED) is 0.486. The van der Waals surface area contributed by atoms with E-state index in [1.807, 2.05) is 68.4 Å². The number of amides is 4. The summed E-state index contributed by atoms with van der Waals surface area (Å²) in [6.45, 7) is 3.61. The van der Waals surface area contributed by atoms with Crippen molar-refractivity contribution in [2.45, 2.75) is 38.8 Å². The van der Waals surface area contributed by atoms with Gasteiger partial charge in [-0.1, -0.05) is 62.4 Å². The fraction of sp³-hybridized carbons (Fsp3) is 0.310. The lowest BCUT2D eigenvalue weighted by atomic mass is 9.97. The number of fused-ring (bicyclic) bond motifs is 1. The second-order valence-electron chi connectivity index (χ2n) is 9.90. The average molecular weight is 499 g/mol. The Balaban J connectivity index is 1.44. The van der Waals surface area contributed by atoms with Crippen molar-refractivity contribution in [1.29, 1.82) is 0 Å². The normalized spacial score (nSPS) is 19.5. The summed E-state index contributed by atoms with van der Waals surface area (Å²) in [6.07, 6.45) is 1.03. The van der Waals surface area contributed by atoms with Gasteiger partial charge in [0.25, 0.3) is 11.8 Å². The first kappa shape index (κ1) is 24.5. The Kier molecular flexibility index (Phi) is 6.65. The third-order valence-corrected chi connectivity index (χ3v) is 6.86. The number of methoxy groups -OCH3 is 1. The van der Waals surface area contributed by atoms with Gasteiger partial charge in [-0.15, -0.1) is 0 Å². The number of rotatable bonds is 7. The van der Waals surface area contributed by atoms with Crippen molar-refractivity contribution in [2.24, 2.45) is 11.0 Å². The number of imide groups is 1. The highest BCUT2D eigenvalue weighted by Gasteiger charge is 2.41. The van der Waals surface area contributed by atoms with Crippen molar-refractivity contribution in [3.63, 3.8) is 0 Å². The minimum absolute atomic E-state index is 0.233. The Bertz CT molecular complexity index is 1380. The van der Waals surface area contributed by atoms with Crippen LogP contribution >= 0.6 is 0 Å². The maximum Gasteiger partial charge on any atom is 0.325 e. The van der Waals surface area contributed by atoms with Gasteiger partial charge in [-0.2, -0.15) is 5.10 Å². The summed E-state index contributed by atoms with van der Waals surface area (Å²) in [5.74, 6) is 0.166. The van der Waals surface area contributed by atoms with E-state index < -0.39 is 18.0 Å². The summed E-state index contributed by atoms with van der Waals surface area (Å²) >= 11 is 0. The Morgan fingerprint density at radius 3 is 2.49 bits per heavy atom. The minimum atomic E-state index is -0.604. The summed E-state index contributed by atoms with van der Waals surface area (Å²) in [5, 5.41) is 11.1. The zero-order chi connectivity index (χ0) is 26.1. The molecular weight excluding hydrogens is 468 g/mol. The third-order valence-electron chi connectivity index (χ3n) is 6.86. The summed E-state index contributed by atoms with van der Waals surface area (Å²) in [4.78, 5) is 39.9. The first-order valence-corrected chi connectivity index (χ1v) is 12.5. The number of carbonyl (C=O) groups is 3. The summed E-state index contributed by atoms with van der Waals surface area (Å²) < 4.78 is 5.29. The molecule has 0 aromatic heterocycles. The van der Waals surface area contributed by atoms with Crippen molar-refractivity contribution >= 4 is 34.3 Å². The number of hydrogen-bond donors (Lipinski definition) is 1. The van der Waals surface area contributed by atoms with Crippen LogP contribution in [0.4, 0.5) is 4.79 Å². The fourth-order valence-corrected chi connectivity index (χ4v) is 4.93. The molecule has 37 heavy (non-hydrogen) atoms. The van der Waals surface area contributed by atoms with Gasteiger partial charge in [0.2, 0.25) is 0 Å². The first-order chi connectivity index (χ1) is 17.8. The molecule has 8 heteroatoms. The molecule has 0 radical (unpaired) electrons. The number of nitrogens with one attached hydrogen (secondary N) is 1. The van der Waals surface area contributed by atoms with E-state index in [0.29, 0.717) is 18.6 Å². The molecule has 0 bridgehead atoms. The van der Waals surface area contributed by atoms with Crippen LogP contribution in [-0.2, 0) is 9.59 Å². The molecule has 0 unspecified atom stereocenters. The van der Waals surface area contributed by atoms with Crippen molar-refractivity contribution in [1.82, 2.24) is 15.2 Å². The van der Waals surface area contributed by atoms with E-state index in [-0.39, 0.29) is 24.4 Å². The Morgan fingerprint density at radius 1 is 1.05 bits per heavy atom. The molecule has 2 aliphatic rings. The maximum atomic E-state index is 13.5. The molecule has 1 saturated heterocycles. The molecule has 2 atom stereocenters. The number of urea groups is 1. The molecule has 190 valence electrons. The van der Waals surface area contributed by atoms with Gasteiger partial charge in [-0.05, 0) is 52.4 Å². The molecule has 2 aliphatic heterocycles. The standard InChI is InChI=1S/C29H30N4O4/c1-18(2)14-25-28(35)32(29(36)30-25)17-27(34)33-26(20-10-12-23(37-3)13-11-20)16-24(31-33)22-9-8-19-6-4-5-7-21(19)15-22/h4-13,15,18,25-26H,14,16-17H2,1-3H3,(H,30,36)/t25-,26+/m1/s1. The second kappa shape index (κ2) is 10.0. The lowest BCUT2D eigenvalue weighted by Crippen LogP contribution is -2.41. The van der Waals surface area contributed by atoms with E-state index in [1.54, 1.807) is 7.11 Å². The highest BCUT2D eigenvalue weighted by atomic mass is 16.5. The van der Waals surface area contributed by atoms with E-state index in [1.165, 1.54) is 5.01 Å². The van der Waals surface area contributed by atoms with Crippen LogP contribution in [0.15, 0.2) is 71.8 Å². The largest absolute Gasteiger partial charge is 0.497 e. The number of hydrogen-bond acceptors (Lipinski definition) is 5. The van der Waals surface area contributed by atoms with Gasteiger partial charge in [0.15, 0.2) is 0 Å². The average Bonchev–Trinajstić information content (AvgIpc) is 3.45. The van der Waals surface area contributed by atoms with E-state index in [4.69, 9.17) is 9.84 Å². The lowest BCUT2D eigenvalue weighted by Gasteiger charge is -2.24. The van der Waals surface area contributed by atoms with Gasteiger partial charge in [0.1, 0.15) is 18.3 Å². The number of nitrogens with zero attached hydrogens (tertiary/aromatic N) is 3. The summed E-state index contributed by atoms with van der Waals surface area (Å²) in [7, 11) is 1.60. The molecule has 5 rings (SSSR count). The summed E-state index contributed by atoms with van der Waals surface area (Å²) in [5.41, 5.74) is 2.60.